The lowest BCUT2D eigenvalue weighted by atomic mass is 10.1. The number of benzene rings is 1. The molecule has 0 amide bonds. The fraction of sp³-hybridized carbons (Fsp3) is 0.231. The first-order valence-electron chi connectivity index (χ1n) is 5.65. The Morgan fingerprint density at radius 3 is 2.63 bits per heavy atom. The molecule has 0 N–H and O–H groups in total. The Balaban J connectivity index is 2.56. The van der Waals surface area contributed by atoms with Crippen molar-refractivity contribution in [1.82, 2.24) is 9.78 Å². The predicted octanol–water partition coefficient (Wildman–Crippen LogP) is 4.14. The molecule has 3 nitrogen and oxygen atoms in total. The zero-order chi connectivity index (χ0) is 14.2. The van der Waals surface area contributed by atoms with Crippen molar-refractivity contribution >= 4 is 29.0 Å². The summed E-state index contributed by atoms with van der Waals surface area (Å²) >= 11 is 11.6. The highest BCUT2D eigenvalue weighted by molar-refractivity contribution is 6.35. The zero-order valence-electron chi connectivity index (χ0n) is 10.3. The van der Waals surface area contributed by atoms with Crippen molar-refractivity contribution in [3.63, 3.8) is 0 Å². The second-order valence-corrected chi connectivity index (χ2v) is 5.12. The van der Waals surface area contributed by atoms with Crippen LogP contribution in [0.2, 0.25) is 10.0 Å². The Morgan fingerprint density at radius 2 is 2.00 bits per heavy atom. The molecular weight excluding hydrogens is 290 g/mol. The molecule has 1 aromatic carbocycles. The van der Waals surface area contributed by atoms with Crippen molar-refractivity contribution in [2.24, 2.45) is 0 Å². The Hall–Kier alpha value is -1.39. The van der Waals surface area contributed by atoms with Gasteiger partial charge in [0.1, 0.15) is 5.69 Å². The molecule has 100 valence electrons. The normalized spacial score (nSPS) is 11.1. The van der Waals surface area contributed by atoms with Gasteiger partial charge in [0.15, 0.2) is 5.82 Å². The summed E-state index contributed by atoms with van der Waals surface area (Å²) in [5.74, 6) is -1.28. The molecule has 0 radical (unpaired) electrons. The van der Waals surface area contributed by atoms with Crippen LogP contribution in [0.15, 0.2) is 24.4 Å². The van der Waals surface area contributed by atoms with Crippen molar-refractivity contribution in [1.29, 1.82) is 0 Å². The van der Waals surface area contributed by atoms with Crippen molar-refractivity contribution in [2.75, 3.05) is 0 Å². The van der Waals surface area contributed by atoms with Crippen molar-refractivity contribution < 1.29 is 9.18 Å². The van der Waals surface area contributed by atoms with E-state index in [9.17, 15) is 9.18 Å². The van der Waals surface area contributed by atoms with E-state index in [1.54, 1.807) is 0 Å². The summed E-state index contributed by atoms with van der Waals surface area (Å²) in [7, 11) is 0. The van der Waals surface area contributed by atoms with Crippen LogP contribution in [0.5, 0.6) is 0 Å². The molecule has 1 heterocycles. The van der Waals surface area contributed by atoms with E-state index in [0.717, 1.165) is 0 Å². The minimum Gasteiger partial charge on any atom is -0.287 e. The molecular formula is C13H11Cl2FN2O. The maximum atomic E-state index is 13.9. The van der Waals surface area contributed by atoms with Gasteiger partial charge in [0.05, 0.1) is 21.8 Å². The molecule has 0 atom stereocenters. The molecule has 0 aliphatic rings. The van der Waals surface area contributed by atoms with Crippen molar-refractivity contribution in [3.8, 4) is 0 Å². The number of ketones is 1. The zero-order valence-corrected chi connectivity index (χ0v) is 11.8. The molecule has 0 saturated carbocycles. The van der Waals surface area contributed by atoms with E-state index in [0.29, 0.717) is 0 Å². The summed E-state index contributed by atoms with van der Waals surface area (Å²) in [6.07, 6.45) is 1.37. The van der Waals surface area contributed by atoms with E-state index >= 15 is 0 Å². The van der Waals surface area contributed by atoms with Crippen LogP contribution in [-0.2, 0) is 0 Å². The molecule has 0 fully saturated rings. The summed E-state index contributed by atoms with van der Waals surface area (Å²) in [5.41, 5.74) is 0.0506. The third-order valence-corrected chi connectivity index (χ3v) is 3.22. The minimum atomic E-state index is -0.748. The quantitative estimate of drug-likeness (QED) is 0.799. The predicted molar refractivity (Wildman–Crippen MR) is 72.5 cm³/mol. The van der Waals surface area contributed by atoms with Crippen LogP contribution in [0, 0.1) is 5.82 Å². The van der Waals surface area contributed by atoms with Crippen LogP contribution in [0.1, 0.15) is 35.9 Å². The van der Waals surface area contributed by atoms with Gasteiger partial charge in [-0.2, -0.15) is 5.10 Å². The molecule has 0 saturated heterocycles. The van der Waals surface area contributed by atoms with Gasteiger partial charge in [-0.3, -0.25) is 9.48 Å². The number of halogens is 3. The maximum absolute atomic E-state index is 13.9. The number of hydrogen-bond donors (Lipinski definition) is 0. The second kappa shape index (κ2) is 5.31. The van der Waals surface area contributed by atoms with Crippen molar-refractivity contribution in [3.05, 3.63) is 51.5 Å². The van der Waals surface area contributed by atoms with Crippen LogP contribution < -0.4 is 0 Å². The summed E-state index contributed by atoms with van der Waals surface area (Å²) in [5, 5.41) is 4.12. The number of carbonyl (C=O) groups is 1. The van der Waals surface area contributed by atoms with Gasteiger partial charge in [-0.05, 0) is 26.0 Å². The first-order valence-corrected chi connectivity index (χ1v) is 6.40. The summed E-state index contributed by atoms with van der Waals surface area (Å²) in [4.78, 5) is 12.4. The molecule has 0 aliphatic heterocycles. The van der Waals surface area contributed by atoms with Crippen LogP contribution in [0.25, 0.3) is 0 Å². The summed E-state index contributed by atoms with van der Waals surface area (Å²) in [6.45, 7) is 3.71. The van der Waals surface area contributed by atoms with Crippen LogP contribution in [0.3, 0.4) is 0 Å². The molecule has 0 spiro atoms. The highest BCUT2D eigenvalue weighted by atomic mass is 35.5. The fourth-order valence-corrected chi connectivity index (χ4v) is 2.14. The molecule has 0 aliphatic carbocycles. The van der Waals surface area contributed by atoms with Gasteiger partial charge < -0.3 is 0 Å². The van der Waals surface area contributed by atoms with E-state index in [4.69, 9.17) is 23.2 Å². The molecule has 6 heteroatoms. The third kappa shape index (κ3) is 2.51. The van der Waals surface area contributed by atoms with Crippen LogP contribution in [0.4, 0.5) is 4.39 Å². The lowest BCUT2D eigenvalue weighted by Gasteiger charge is -2.11. The van der Waals surface area contributed by atoms with Gasteiger partial charge in [-0.25, -0.2) is 4.39 Å². The molecule has 2 aromatic rings. The Kier molecular flexibility index (Phi) is 3.92. The van der Waals surface area contributed by atoms with Gasteiger partial charge >= 0.3 is 0 Å². The standard InChI is InChI=1S/C13H11Cl2FN2O/c1-7(2)18-12(10(15)6-17-18)13(19)8-4-3-5-9(14)11(8)16/h3-7H,1-2H3. The lowest BCUT2D eigenvalue weighted by Crippen LogP contribution is -2.15. The number of aromatic nitrogens is 2. The Labute approximate surface area is 119 Å². The third-order valence-electron chi connectivity index (χ3n) is 2.65. The average Bonchev–Trinajstić information content (AvgIpc) is 2.74. The van der Waals surface area contributed by atoms with Crippen molar-refractivity contribution in [2.45, 2.75) is 19.9 Å². The molecule has 19 heavy (non-hydrogen) atoms. The Bertz CT molecular complexity index is 638. The van der Waals surface area contributed by atoms with Gasteiger partial charge in [0, 0.05) is 6.04 Å². The van der Waals surface area contributed by atoms with E-state index in [1.807, 2.05) is 13.8 Å². The van der Waals surface area contributed by atoms with Gasteiger partial charge in [0.25, 0.3) is 0 Å². The van der Waals surface area contributed by atoms with Gasteiger partial charge in [-0.1, -0.05) is 29.3 Å². The van der Waals surface area contributed by atoms with E-state index in [2.05, 4.69) is 5.10 Å². The number of carbonyl (C=O) groups excluding carboxylic acids is 1. The first kappa shape index (κ1) is 14.0. The summed E-state index contributed by atoms with van der Waals surface area (Å²) < 4.78 is 15.3. The molecule has 0 unspecified atom stereocenters. The first-order chi connectivity index (χ1) is 8.93. The lowest BCUT2D eigenvalue weighted by molar-refractivity contribution is 0.102. The molecule has 2 rings (SSSR count). The topological polar surface area (TPSA) is 34.9 Å². The van der Waals surface area contributed by atoms with Gasteiger partial charge in [-0.15, -0.1) is 0 Å². The monoisotopic (exact) mass is 300 g/mol. The summed E-state index contributed by atoms with van der Waals surface area (Å²) in [6, 6.07) is 4.21. The average molecular weight is 301 g/mol. The number of rotatable bonds is 3. The molecule has 0 bridgehead atoms. The number of hydrogen-bond acceptors (Lipinski definition) is 2. The molecule has 1 aromatic heterocycles. The second-order valence-electron chi connectivity index (χ2n) is 4.31. The van der Waals surface area contributed by atoms with Gasteiger partial charge in [0.2, 0.25) is 5.78 Å². The van der Waals surface area contributed by atoms with Crippen LogP contribution in [-0.4, -0.2) is 15.6 Å². The van der Waals surface area contributed by atoms with E-state index in [1.165, 1.54) is 29.1 Å². The smallest absolute Gasteiger partial charge is 0.215 e. The largest absolute Gasteiger partial charge is 0.287 e. The Morgan fingerprint density at radius 1 is 1.32 bits per heavy atom. The SMILES string of the molecule is CC(C)n1ncc(Cl)c1C(=O)c1cccc(Cl)c1F. The highest BCUT2D eigenvalue weighted by Gasteiger charge is 2.23. The maximum Gasteiger partial charge on any atom is 0.215 e. The fourth-order valence-electron chi connectivity index (χ4n) is 1.75. The van der Waals surface area contributed by atoms with E-state index < -0.39 is 11.6 Å². The highest BCUT2D eigenvalue weighted by Crippen LogP contribution is 2.25. The number of nitrogens with zero attached hydrogens (tertiary/aromatic N) is 2. The van der Waals surface area contributed by atoms with E-state index in [-0.39, 0.29) is 27.3 Å². The minimum absolute atomic E-state index is 0.0614. The van der Waals surface area contributed by atoms with Crippen LogP contribution >= 0.6 is 23.2 Å².